The maximum absolute atomic E-state index is 12.7. The van der Waals surface area contributed by atoms with Crippen LogP contribution in [0.15, 0.2) is 109 Å². The zero-order valence-electron chi connectivity index (χ0n) is 39.4. The predicted octanol–water partition coefficient (Wildman–Crippen LogP) is 14.4. The standard InChI is InChI=1S/C52H88NO7P/c1-6-8-10-12-14-16-18-20-22-24-25-26-27-28-30-32-34-36-38-40-42-44-47-57-49-51(50-59-61(55,56)58-48-46-53(3,4)5)60-52(54)45-43-41-39-37-35-33-31-29-23-21-19-17-15-13-11-9-7-2/h8-11,14-17,20-23,25-26,31,33,37,39,51H,6-7,12-13,18-19,24,27-30,32,34-36,38,40-50H2,1-5H3/p+1/b10-8-,11-9-,16-14-,17-15-,22-20-,23-21-,26-25-,33-31-,39-37-. The van der Waals surface area contributed by atoms with E-state index < -0.39 is 13.9 Å². The number of carbonyl (C=O) groups excluding carboxylic acids is 1. The molecule has 2 atom stereocenters. The quantitative estimate of drug-likeness (QED) is 0.0215. The van der Waals surface area contributed by atoms with Crippen molar-refractivity contribution in [3.63, 3.8) is 0 Å². The molecule has 0 aromatic heterocycles. The van der Waals surface area contributed by atoms with Gasteiger partial charge in [0.05, 0.1) is 34.4 Å². The normalized spacial score (nSPS) is 14.7. The number of nitrogens with zero attached hydrogens (tertiary/aromatic N) is 1. The number of unbranched alkanes of at least 4 members (excludes halogenated alkanes) is 10. The summed E-state index contributed by atoms with van der Waals surface area (Å²) in [4.78, 5) is 22.9. The van der Waals surface area contributed by atoms with Crippen LogP contribution >= 0.6 is 7.82 Å². The molecule has 61 heavy (non-hydrogen) atoms. The van der Waals surface area contributed by atoms with Crippen LogP contribution in [0, 0.1) is 0 Å². The van der Waals surface area contributed by atoms with E-state index in [9.17, 15) is 14.3 Å². The number of allylic oxidation sites excluding steroid dienone is 18. The van der Waals surface area contributed by atoms with Crippen molar-refractivity contribution in [2.45, 2.75) is 161 Å². The molecule has 1 N–H and O–H groups in total. The van der Waals surface area contributed by atoms with Gasteiger partial charge in [-0.25, -0.2) is 4.57 Å². The van der Waals surface area contributed by atoms with Crippen molar-refractivity contribution >= 4 is 13.8 Å². The Morgan fingerprint density at radius 1 is 0.508 bits per heavy atom. The SMILES string of the molecule is CC/C=C\C/C=C\C/C=C\C/C=C\C/C=C\CCCC(=O)OC(COCCCCCCCCCCC/C=C\C/C=C\C/C=C\C/C=C\CC)COP(=O)(O)OCC[N+](C)(C)C. The lowest BCUT2D eigenvalue weighted by atomic mass is 10.1. The second-order valence-electron chi connectivity index (χ2n) is 16.4. The number of likely N-dealkylation sites (N-methyl/N-ethyl adjacent to an activating group) is 1. The molecule has 0 heterocycles. The van der Waals surface area contributed by atoms with Crippen molar-refractivity contribution in [3.8, 4) is 0 Å². The van der Waals surface area contributed by atoms with E-state index in [1.165, 1.54) is 51.4 Å². The third-order valence-corrected chi connectivity index (χ3v) is 10.3. The van der Waals surface area contributed by atoms with Crippen molar-refractivity contribution in [2.75, 3.05) is 54.1 Å². The Hall–Kier alpha value is -2.84. The molecule has 0 saturated carbocycles. The lowest BCUT2D eigenvalue weighted by molar-refractivity contribution is -0.870. The minimum Gasteiger partial charge on any atom is -0.457 e. The molecule has 2 unspecified atom stereocenters. The topological polar surface area (TPSA) is 91.3 Å². The van der Waals surface area contributed by atoms with Crippen molar-refractivity contribution in [2.24, 2.45) is 0 Å². The Labute approximate surface area is 374 Å². The number of phosphoric acid groups is 1. The molecule has 348 valence electrons. The summed E-state index contributed by atoms with van der Waals surface area (Å²) in [5, 5.41) is 0. The highest BCUT2D eigenvalue weighted by atomic mass is 31.2. The molecule has 0 aliphatic rings. The Balaban J connectivity index is 4.30. The lowest BCUT2D eigenvalue weighted by Crippen LogP contribution is -2.37. The van der Waals surface area contributed by atoms with E-state index in [1.54, 1.807) is 0 Å². The Bertz CT molecular complexity index is 1340. The largest absolute Gasteiger partial charge is 0.472 e. The van der Waals surface area contributed by atoms with Gasteiger partial charge in [0.2, 0.25) is 0 Å². The Kier molecular flexibility index (Phi) is 41.8. The van der Waals surface area contributed by atoms with Crippen molar-refractivity contribution in [3.05, 3.63) is 109 Å². The fraction of sp³-hybridized carbons (Fsp3) is 0.635. The number of quaternary nitrogens is 1. The molecule has 0 aliphatic heterocycles. The van der Waals surface area contributed by atoms with Crippen LogP contribution in [0.3, 0.4) is 0 Å². The fourth-order valence-electron chi connectivity index (χ4n) is 5.75. The summed E-state index contributed by atoms with van der Waals surface area (Å²) in [6, 6.07) is 0. The number of carbonyl (C=O) groups is 1. The van der Waals surface area contributed by atoms with Gasteiger partial charge in [0.15, 0.2) is 0 Å². The Morgan fingerprint density at radius 3 is 1.34 bits per heavy atom. The first-order valence-corrected chi connectivity index (χ1v) is 25.1. The van der Waals surface area contributed by atoms with Gasteiger partial charge in [0.25, 0.3) is 0 Å². The van der Waals surface area contributed by atoms with Gasteiger partial charge in [0, 0.05) is 13.0 Å². The second-order valence-corrected chi connectivity index (χ2v) is 17.8. The van der Waals surface area contributed by atoms with E-state index in [0.29, 0.717) is 24.1 Å². The van der Waals surface area contributed by atoms with Gasteiger partial charge in [0.1, 0.15) is 19.3 Å². The smallest absolute Gasteiger partial charge is 0.457 e. The highest BCUT2D eigenvalue weighted by Gasteiger charge is 2.26. The summed E-state index contributed by atoms with van der Waals surface area (Å²) in [6.45, 7) is 5.27. The molecule has 0 aromatic rings. The summed E-state index contributed by atoms with van der Waals surface area (Å²) >= 11 is 0. The molecule has 0 aromatic carbocycles. The molecule has 0 saturated heterocycles. The van der Waals surface area contributed by atoms with Crippen molar-refractivity contribution < 1.29 is 37.3 Å². The van der Waals surface area contributed by atoms with E-state index in [4.69, 9.17) is 18.5 Å². The summed E-state index contributed by atoms with van der Waals surface area (Å²) in [5.74, 6) is -0.377. The van der Waals surface area contributed by atoms with Crippen LogP contribution in [0.1, 0.15) is 155 Å². The molecule has 0 aliphatic carbocycles. The van der Waals surface area contributed by atoms with Crippen LogP contribution in [-0.4, -0.2) is 75.6 Å². The summed E-state index contributed by atoms with van der Waals surface area (Å²) in [6.07, 6.45) is 61.4. The molecule has 0 rings (SSSR count). The number of rotatable bonds is 42. The minimum atomic E-state index is -4.30. The van der Waals surface area contributed by atoms with Crippen LogP contribution in [0.4, 0.5) is 0 Å². The van der Waals surface area contributed by atoms with Crippen molar-refractivity contribution in [1.29, 1.82) is 0 Å². The second kappa shape index (κ2) is 43.8. The minimum absolute atomic E-state index is 0.0702. The van der Waals surface area contributed by atoms with Crippen molar-refractivity contribution in [1.82, 2.24) is 0 Å². The average Bonchev–Trinajstić information content (AvgIpc) is 3.22. The van der Waals surface area contributed by atoms with Crippen LogP contribution in [-0.2, 0) is 27.9 Å². The van der Waals surface area contributed by atoms with Gasteiger partial charge < -0.3 is 18.9 Å². The zero-order chi connectivity index (χ0) is 44.8. The van der Waals surface area contributed by atoms with Crippen LogP contribution < -0.4 is 0 Å². The molecule has 0 spiro atoms. The van der Waals surface area contributed by atoms with E-state index >= 15 is 0 Å². The van der Waals surface area contributed by atoms with Gasteiger partial charge in [-0.05, 0) is 89.9 Å². The maximum Gasteiger partial charge on any atom is 0.472 e. The van der Waals surface area contributed by atoms with E-state index in [0.717, 1.165) is 77.0 Å². The predicted molar refractivity (Wildman–Crippen MR) is 261 cm³/mol. The van der Waals surface area contributed by atoms with Gasteiger partial charge in [-0.2, -0.15) is 0 Å². The third kappa shape index (κ3) is 48.1. The number of hydrogen-bond acceptors (Lipinski definition) is 6. The van der Waals surface area contributed by atoms with Gasteiger partial charge in [-0.15, -0.1) is 0 Å². The highest BCUT2D eigenvalue weighted by Crippen LogP contribution is 2.43. The molecule has 0 amide bonds. The lowest BCUT2D eigenvalue weighted by Gasteiger charge is -2.24. The summed E-state index contributed by atoms with van der Waals surface area (Å²) < 4.78 is 35.0. The maximum atomic E-state index is 12.7. The number of esters is 1. The Morgan fingerprint density at radius 2 is 0.902 bits per heavy atom. The van der Waals surface area contributed by atoms with E-state index in [2.05, 4.69) is 123 Å². The molecular weight excluding hydrogens is 782 g/mol. The van der Waals surface area contributed by atoms with Gasteiger partial charge in [-0.1, -0.05) is 168 Å². The molecule has 9 heteroatoms. The number of ether oxygens (including phenoxy) is 2. The van der Waals surface area contributed by atoms with Crippen LogP contribution in [0.5, 0.6) is 0 Å². The highest BCUT2D eigenvalue weighted by molar-refractivity contribution is 7.47. The third-order valence-electron chi connectivity index (χ3n) is 9.33. The molecular formula is C52H89NO7P+. The van der Waals surface area contributed by atoms with Crippen LogP contribution in [0.2, 0.25) is 0 Å². The number of hydrogen-bond donors (Lipinski definition) is 1. The van der Waals surface area contributed by atoms with Crippen LogP contribution in [0.25, 0.3) is 0 Å². The summed E-state index contributed by atoms with van der Waals surface area (Å²) in [5.41, 5.74) is 0. The summed E-state index contributed by atoms with van der Waals surface area (Å²) in [7, 11) is 1.61. The monoisotopic (exact) mass is 871 g/mol. The number of phosphoric ester groups is 1. The molecule has 8 nitrogen and oxygen atoms in total. The molecule has 0 bridgehead atoms. The first-order chi connectivity index (χ1) is 29.6. The van der Waals surface area contributed by atoms with Gasteiger partial charge in [-0.3, -0.25) is 13.8 Å². The first-order valence-electron chi connectivity index (χ1n) is 23.6. The molecule has 0 radical (unpaired) electrons. The zero-order valence-corrected chi connectivity index (χ0v) is 40.2. The van der Waals surface area contributed by atoms with Gasteiger partial charge >= 0.3 is 13.8 Å². The first kappa shape index (κ1) is 58.2. The average molecular weight is 871 g/mol. The van der Waals surface area contributed by atoms with E-state index in [1.807, 2.05) is 21.1 Å². The molecule has 0 fully saturated rings. The van der Waals surface area contributed by atoms with E-state index in [-0.39, 0.29) is 32.2 Å². The fourth-order valence-corrected chi connectivity index (χ4v) is 6.50.